The lowest BCUT2D eigenvalue weighted by atomic mass is 9.95. The Morgan fingerprint density at radius 3 is 2.48 bits per heavy atom. The molecule has 0 atom stereocenters. The van der Waals surface area contributed by atoms with Crippen LogP contribution < -0.4 is 10.9 Å². The Balaban J connectivity index is 2.41. The third kappa shape index (κ3) is 3.64. The highest BCUT2D eigenvalue weighted by atomic mass is 19.1. The van der Waals surface area contributed by atoms with Crippen LogP contribution in [0.15, 0.2) is 23.0 Å². The van der Waals surface area contributed by atoms with E-state index in [4.69, 9.17) is 0 Å². The van der Waals surface area contributed by atoms with Crippen molar-refractivity contribution in [2.45, 2.75) is 40.0 Å². The van der Waals surface area contributed by atoms with Gasteiger partial charge in [0.05, 0.1) is 11.4 Å². The normalized spacial score (nSPS) is 11.4. The number of halogens is 1. The van der Waals surface area contributed by atoms with E-state index in [0.29, 0.717) is 11.5 Å². The van der Waals surface area contributed by atoms with Crippen LogP contribution in [0.1, 0.15) is 48.2 Å². The summed E-state index contributed by atoms with van der Waals surface area (Å²) < 4.78 is 13.8. The lowest BCUT2D eigenvalue weighted by Gasteiger charge is -2.18. The second-order valence-electron chi connectivity index (χ2n) is 6.56. The van der Waals surface area contributed by atoms with Crippen LogP contribution in [-0.2, 0) is 5.41 Å². The van der Waals surface area contributed by atoms with E-state index in [2.05, 4.69) is 15.3 Å². The molecule has 1 aromatic carbocycles. The summed E-state index contributed by atoms with van der Waals surface area (Å²) in [5.74, 6) is -0.739. The Hall–Kier alpha value is -2.50. The molecule has 0 aliphatic heterocycles. The van der Waals surface area contributed by atoms with Gasteiger partial charge in [-0.2, -0.15) is 0 Å². The van der Waals surface area contributed by atoms with Crippen molar-refractivity contribution in [2.75, 3.05) is 5.32 Å². The van der Waals surface area contributed by atoms with Gasteiger partial charge in [-0.15, -0.1) is 0 Å². The summed E-state index contributed by atoms with van der Waals surface area (Å²) in [6, 6.07) is 4.37. The molecule has 2 rings (SSSR count). The van der Waals surface area contributed by atoms with Crippen molar-refractivity contribution in [3.05, 3.63) is 57.0 Å². The number of aryl methyl sites for hydroxylation is 2. The standard InChI is InChI=1S/C17H20FN3O2/c1-9-6-7-11(18)12(8-9)20-14(22)13-10(2)19-16(17(3,4)5)21-15(13)23/h6-8H,1-5H3,(H,20,22)(H,19,21,23). The fourth-order valence-corrected chi connectivity index (χ4v) is 2.13. The van der Waals surface area contributed by atoms with Crippen LogP contribution in [-0.4, -0.2) is 15.9 Å². The molecule has 0 aliphatic carbocycles. The number of nitrogens with one attached hydrogen (secondary N) is 2. The van der Waals surface area contributed by atoms with Gasteiger partial charge in [-0.1, -0.05) is 26.8 Å². The molecule has 6 heteroatoms. The van der Waals surface area contributed by atoms with E-state index in [0.717, 1.165) is 5.56 Å². The van der Waals surface area contributed by atoms with Gasteiger partial charge in [0.1, 0.15) is 17.2 Å². The fraction of sp³-hybridized carbons (Fsp3) is 0.353. The van der Waals surface area contributed by atoms with Crippen molar-refractivity contribution in [1.29, 1.82) is 0 Å². The lowest BCUT2D eigenvalue weighted by Crippen LogP contribution is -2.30. The minimum atomic E-state index is -0.679. The molecular formula is C17H20FN3O2. The molecule has 0 bridgehead atoms. The van der Waals surface area contributed by atoms with Gasteiger partial charge in [0.25, 0.3) is 11.5 Å². The van der Waals surface area contributed by atoms with Gasteiger partial charge in [-0.05, 0) is 31.5 Å². The summed E-state index contributed by atoms with van der Waals surface area (Å²) in [7, 11) is 0. The second-order valence-corrected chi connectivity index (χ2v) is 6.56. The average Bonchev–Trinajstić information content (AvgIpc) is 2.41. The number of rotatable bonds is 2. The molecule has 1 aromatic heterocycles. The predicted molar refractivity (Wildman–Crippen MR) is 87.4 cm³/mol. The van der Waals surface area contributed by atoms with Gasteiger partial charge in [-0.3, -0.25) is 9.59 Å². The summed E-state index contributed by atoms with van der Waals surface area (Å²) in [4.78, 5) is 31.5. The largest absolute Gasteiger partial charge is 0.319 e. The lowest BCUT2D eigenvalue weighted by molar-refractivity contribution is 0.102. The second kappa shape index (κ2) is 5.95. The van der Waals surface area contributed by atoms with Gasteiger partial charge in [0.2, 0.25) is 0 Å². The first kappa shape index (κ1) is 16.9. The molecule has 0 saturated heterocycles. The van der Waals surface area contributed by atoms with Crippen LogP contribution in [0.3, 0.4) is 0 Å². The Labute approximate surface area is 134 Å². The van der Waals surface area contributed by atoms with Gasteiger partial charge >= 0.3 is 0 Å². The summed E-state index contributed by atoms with van der Waals surface area (Å²) in [6.07, 6.45) is 0. The third-order valence-electron chi connectivity index (χ3n) is 3.41. The van der Waals surface area contributed by atoms with E-state index < -0.39 is 17.3 Å². The maximum absolute atomic E-state index is 13.8. The number of aromatic amines is 1. The topological polar surface area (TPSA) is 74.8 Å². The molecule has 23 heavy (non-hydrogen) atoms. The van der Waals surface area contributed by atoms with Crippen LogP contribution >= 0.6 is 0 Å². The third-order valence-corrected chi connectivity index (χ3v) is 3.41. The van der Waals surface area contributed by atoms with Crippen LogP contribution in [0.25, 0.3) is 0 Å². The Bertz CT molecular complexity index is 820. The molecule has 1 heterocycles. The number of carbonyl (C=O) groups is 1. The van der Waals surface area contributed by atoms with Crippen molar-refractivity contribution in [2.24, 2.45) is 0 Å². The molecule has 5 nitrogen and oxygen atoms in total. The summed E-state index contributed by atoms with van der Waals surface area (Å²) in [5.41, 5.74) is 0.153. The molecule has 0 aliphatic rings. The van der Waals surface area contributed by atoms with Gasteiger partial charge in [0.15, 0.2) is 0 Å². The van der Waals surface area contributed by atoms with Crippen molar-refractivity contribution in [3.63, 3.8) is 0 Å². The zero-order valence-corrected chi connectivity index (χ0v) is 13.9. The van der Waals surface area contributed by atoms with E-state index >= 15 is 0 Å². The highest BCUT2D eigenvalue weighted by Gasteiger charge is 2.22. The van der Waals surface area contributed by atoms with Gasteiger partial charge in [0, 0.05) is 5.41 Å². The van der Waals surface area contributed by atoms with E-state index in [1.165, 1.54) is 12.1 Å². The number of H-pyrrole nitrogens is 1. The van der Waals surface area contributed by atoms with Crippen molar-refractivity contribution < 1.29 is 9.18 Å². The molecule has 0 fully saturated rings. The van der Waals surface area contributed by atoms with Gasteiger partial charge in [-0.25, -0.2) is 9.37 Å². The summed E-state index contributed by atoms with van der Waals surface area (Å²) in [6.45, 7) is 9.10. The monoisotopic (exact) mass is 317 g/mol. The number of benzene rings is 1. The maximum Gasteiger partial charge on any atom is 0.264 e. The van der Waals surface area contributed by atoms with Crippen LogP contribution in [0.2, 0.25) is 0 Å². The summed E-state index contributed by atoms with van der Waals surface area (Å²) in [5, 5.41) is 2.43. The minimum Gasteiger partial charge on any atom is -0.319 e. The maximum atomic E-state index is 13.8. The number of hydrogen-bond donors (Lipinski definition) is 2. The predicted octanol–water partition coefficient (Wildman–Crippen LogP) is 3.08. The van der Waals surface area contributed by atoms with E-state index in [1.807, 2.05) is 20.8 Å². The Kier molecular flexibility index (Phi) is 4.36. The number of aromatic nitrogens is 2. The van der Waals surface area contributed by atoms with Crippen LogP contribution in [0.5, 0.6) is 0 Å². The Morgan fingerprint density at radius 1 is 1.26 bits per heavy atom. The van der Waals surface area contributed by atoms with Crippen LogP contribution in [0.4, 0.5) is 10.1 Å². The zero-order chi connectivity index (χ0) is 17.4. The SMILES string of the molecule is Cc1ccc(F)c(NC(=O)c2c(C)nc(C(C)(C)C)[nH]c2=O)c1. The first-order valence-electron chi connectivity index (χ1n) is 7.28. The van der Waals surface area contributed by atoms with Crippen LogP contribution in [0, 0.1) is 19.7 Å². The fourth-order valence-electron chi connectivity index (χ4n) is 2.13. The van der Waals surface area contributed by atoms with Crippen molar-refractivity contribution >= 4 is 11.6 Å². The smallest absolute Gasteiger partial charge is 0.264 e. The van der Waals surface area contributed by atoms with Gasteiger partial charge < -0.3 is 10.3 Å². The zero-order valence-electron chi connectivity index (χ0n) is 13.9. The molecule has 0 saturated carbocycles. The molecule has 0 radical (unpaired) electrons. The molecule has 2 aromatic rings. The van der Waals surface area contributed by atoms with E-state index in [-0.39, 0.29) is 16.7 Å². The molecular weight excluding hydrogens is 297 g/mol. The van der Waals surface area contributed by atoms with E-state index in [1.54, 1.807) is 19.9 Å². The quantitative estimate of drug-likeness (QED) is 0.894. The number of hydrogen-bond acceptors (Lipinski definition) is 3. The highest BCUT2D eigenvalue weighted by Crippen LogP contribution is 2.19. The average molecular weight is 317 g/mol. The molecule has 122 valence electrons. The number of anilines is 1. The molecule has 0 unspecified atom stereocenters. The van der Waals surface area contributed by atoms with E-state index in [9.17, 15) is 14.0 Å². The summed E-state index contributed by atoms with van der Waals surface area (Å²) >= 11 is 0. The molecule has 2 N–H and O–H groups in total. The number of amides is 1. The number of nitrogens with zero attached hydrogens (tertiary/aromatic N) is 1. The van der Waals surface area contributed by atoms with Crippen molar-refractivity contribution in [1.82, 2.24) is 9.97 Å². The first-order chi connectivity index (χ1) is 10.6. The molecule has 0 spiro atoms. The molecule has 1 amide bonds. The highest BCUT2D eigenvalue weighted by molar-refractivity contribution is 6.04. The Morgan fingerprint density at radius 2 is 1.91 bits per heavy atom. The minimum absolute atomic E-state index is 0.0358. The van der Waals surface area contributed by atoms with Crippen molar-refractivity contribution in [3.8, 4) is 0 Å². The first-order valence-corrected chi connectivity index (χ1v) is 7.28. The number of carbonyl (C=O) groups excluding carboxylic acids is 1.